The zero-order valence-corrected chi connectivity index (χ0v) is 20.5. The van der Waals surface area contributed by atoms with Crippen LogP contribution in [0.3, 0.4) is 0 Å². The number of aryl methyl sites for hydroxylation is 2. The van der Waals surface area contributed by atoms with Crippen molar-refractivity contribution in [3.63, 3.8) is 0 Å². The molecular formula is C26H33FN2O4. The van der Waals surface area contributed by atoms with Gasteiger partial charge in [0.25, 0.3) is 0 Å². The van der Waals surface area contributed by atoms with Gasteiger partial charge in [0.05, 0.1) is 18.7 Å². The third-order valence-corrected chi connectivity index (χ3v) is 5.86. The zero-order valence-electron chi connectivity index (χ0n) is 20.5. The normalized spacial score (nSPS) is 15.7. The maximum atomic E-state index is 13.3. The predicted molar refractivity (Wildman–Crippen MR) is 126 cm³/mol. The van der Waals surface area contributed by atoms with Crippen LogP contribution in [0.5, 0.6) is 5.75 Å². The molecule has 0 unspecified atom stereocenters. The molecule has 0 atom stereocenters. The second kappa shape index (κ2) is 9.04. The fraction of sp³-hybridized carbons (Fsp3) is 0.462. The van der Waals surface area contributed by atoms with Gasteiger partial charge in [-0.2, -0.15) is 0 Å². The van der Waals surface area contributed by atoms with Gasteiger partial charge < -0.3 is 14.4 Å². The molecule has 1 heterocycles. The molecule has 2 aromatic carbocycles. The number of hydrogen-bond acceptors (Lipinski definition) is 4. The second-order valence-corrected chi connectivity index (χ2v) is 9.64. The summed E-state index contributed by atoms with van der Waals surface area (Å²) >= 11 is 0. The molecule has 1 fully saturated rings. The van der Waals surface area contributed by atoms with E-state index in [2.05, 4.69) is 0 Å². The average molecular weight is 457 g/mol. The third kappa shape index (κ3) is 5.13. The number of carbonyl (C=O) groups is 2. The van der Waals surface area contributed by atoms with Gasteiger partial charge in [0, 0.05) is 12.2 Å². The summed E-state index contributed by atoms with van der Waals surface area (Å²) in [4.78, 5) is 29.0. The Hall–Kier alpha value is -3.09. The Balaban J connectivity index is 1.82. The molecule has 0 radical (unpaired) electrons. The minimum atomic E-state index is -1.12. The average Bonchev–Trinajstić information content (AvgIpc) is 2.95. The van der Waals surface area contributed by atoms with Crippen LogP contribution in [0.15, 0.2) is 36.4 Å². The number of carbonyl (C=O) groups excluding carboxylic acids is 2. The third-order valence-electron chi connectivity index (χ3n) is 5.86. The fourth-order valence-electron chi connectivity index (χ4n) is 4.13. The quantitative estimate of drug-likeness (QED) is 0.525. The summed E-state index contributed by atoms with van der Waals surface area (Å²) in [6.07, 6.45) is 0. The van der Waals surface area contributed by atoms with E-state index >= 15 is 0 Å². The van der Waals surface area contributed by atoms with Crippen molar-refractivity contribution in [2.45, 2.75) is 66.2 Å². The van der Waals surface area contributed by atoms with E-state index in [9.17, 15) is 14.0 Å². The molecule has 1 aliphatic heterocycles. The van der Waals surface area contributed by atoms with Crippen LogP contribution < -0.4 is 9.64 Å². The van der Waals surface area contributed by atoms with E-state index < -0.39 is 17.1 Å². The lowest BCUT2D eigenvalue weighted by atomic mass is 10.0. The number of rotatable bonds is 7. The van der Waals surface area contributed by atoms with Crippen molar-refractivity contribution in [2.24, 2.45) is 0 Å². The molecule has 0 N–H and O–H groups in total. The van der Waals surface area contributed by atoms with Gasteiger partial charge in [0.2, 0.25) is 0 Å². The second-order valence-electron chi connectivity index (χ2n) is 9.64. The number of hydrogen-bond donors (Lipinski definition) is 0. The largest absolute Gasteiger partial charge is 0.476 e. The summed E-state index contributed by atoms with van der Waals surface area (Å²) in [7, 11) is 0. The lowest BCUT2D eigenvalue weighted by molar-refractivity contribution is -0.158. The highest BCUT2D eigenvalue weighted by Crippen LogP contribution is 2.34. The summed E-state index contributed by atoms with van der Waals surface area (Å²) < 4.78 is 24.5. The van der Waals surface area contributed by atoms with Crippen LogP contribution in [0, 0.1) is 19.7 Å². The van der Waals surface area contributed by atoms with Crippen molar-refractivity contribution < 1.29 is 23.5 Å². The van der Waals surface area contributed by atoms with Crippen molar-refractivity contribution in [2.75, 3.05) is 18.1 Å². The first-order chi connectivity index (χ1) is 15.4. The van der Waals surface area contributed by atoms with Gasteiger partial charge in [-0.3, -0.25) is 4.90 Å². The van der Waals surface area contributed by atoms with Crippen LogP contribution in [0.1, 0.15) is 51.3 Å². The number of esters is 1. The van der Waals surface area contributed by atoms with Gasteiger partial charge in [-0.25, -0.2) is 14.0 Å². The van der Waals surface area contributed by atoms with E-state index in [0.717, 1.165) is 16.7 Å². The lowest BCUT2D eigenvalue weighted by Gasteiger charge is -2.30. The molecule has 6 nitrogen and oxygen atoms in total. The molecule has 2 amide bonds. The topological polar surface area (TPSA) is 59.1 Å². The summed E-state index contributed by atoms with van der Waals surface area (Å²) in [5.74, 6) is -0.115. The molecule has 1 aliphatic rings. The standard InChI is InChI=1S/C26H33FN2O4/c1-8-32-23(30)26(6,7)33-22-17(2)13-19(14-18(22)3)15-29-24(31)28(16-25(29,4)5)21-11-9-20(27)10-12-21/h9-14H,8,15-16H2,1-7H3. The Kier molecular flexibility index (Phi) is 6.73. The molecule has 0 aliphatic carbocycles. The monoisotopic (exact) mass is 456 g/mol. The van der Waals surface area contributed by atoms with Gasteiger partial charge in [0.15, 0.2) is 5.60 Å². The molecule has 33 heavy (non-hydrogen) atoms. The molecule has 178 valence electrons. The van der Waals surface area contributed by atoms with E-state index in [4.69, 9.17) is 9.47 Å². The Morgan fingerprint density at radius 3 is 2.24 bits per heavy atom. The molecule has 0 aromatic heterocycles. The van der Waals surface area contributed by atoms with E-state index in [1.54, 1.807) is 37.8 Å². The highest BCUT2D eigenvalue weighted by molar-refractivity contribution is 5.95. The number of anilines is 1. The summed E-state index contributed by atoms with van der Waals surface area (Å²) in [5.41, 5.74) is 1.87. The molecule has 2 aromatic rings. The molecule has 0 saturated carbocycles. The molecular weight excluding hydrogens is 423 g/mol. The Labute approximate surface area is 195 Å². The van der Waals surface area contributed by atoms with Gasteiger partial charge in [-0.05, 0) is 89.4 Å². The molecule has 3 rings (SSSR count). The van der Waals surface area contributed by atoms with Crippen LogP contribution in [0.25, 0.3) is 0 Å². The Morgan fingerprint density at radius 2 is 1.70 bits per heavy atom. The minimum Gasteiger partial charge on any atom is -0.476 e. The Morgan fingerprint density at radius 1 is 1.12 bits per heavy atom. The molecule has 7 heteroatoms. The number of amides is 2. The van der Waals surface area contributed by atoms with E-state index in [1.165, 1.54) is 12.1 Å². The summed E-state index contributed by atoms with van der Waals surface area (Å²) in [6.45, 7) is 14.2. The maximum Gasteiger partial charge on any atom is 0.349 e. The number of halogens is 1. The summed E-state index contributed by atoms with van der Waals surface area (Å²) in [5, 5.41) is 0. The van der Waals surface area contributed by atoms with Gasteiger partial charge in [-0.1, -0.05) is 12.1 Å². The molecule has 0 bridgehead atoms. The van der Waals surface area contributed by atoms with Crippen molar-refractivity contribution >= 4 is 17.7 Å². The van der Waals surface area contributed by atoms with Gasteiger partial charge in [-0.15, -0.1) is 0 Å². The molecule has 0 spiro atoms. The van der Waals surface area contributed by atoms with Crippen molar-refractivity contribution in [3.8, 4) is 5.75 Å². The lowest BCUT2D eigenvalue weighted by Crippen LogP contribution is -2.41. The smallest absolute Gasteiger partial charge is 0.349 e. The maximum absolute atomic E-state index is 13.3. The van der Waals surface area contributed by atoms with E-state index in [1.807, 2.05) is 44.7 Å². The van der Waals surface area contributed by atoms with Gasteiger partial charge >= 0.3 is 12.0 Å². The van der Waals surface area contributed by atoms with Crippen LogP contribution >= 0.6 is 0 Å². The van der Waals surface area contributed by atoms with Crippen molar-refractivity contribution in [1.29, 1.82) is 0 Å². The van der Waals surface area contributed by atoms with Crippen LogP contribution in [-0.4, -0.2) is 41.2 Å². The number of benzene rings is 2. The van der Waals surface area contributed by atoms with Crippen molar-refractivity contribution in [1.82, 2.24) is 4.90 Å². The fourth-order valence-corrected chi connectivity index (χ4v) is 4.13. The van der Waals surface area contributed by atoms with Crippen LogP contribution in [0.2, 0.25) is 0 Å². The van der Waals surface area contributed by atoms with Gasteiger partial charge in [0.1, 0.15) is 11.6 Å². The zero-order chi connectivity index (χ0) is 24.6. The number of urea groups is 1. The van der Waals surface area contributed by atoms with Crippen molar-refractivity contribution in [3.05, 3.63) is 58.9 Å². The highest BCUT2D eigenvalue weighted by Gasteiger charge is 2.43. The van der Waals surface area contributed by atoms with Crippen LogP contribution in [0.4, 0.5) is 14.9 Å². The highest BCUT2D eigenvalue weighted by atomic mass is 19.1. The van der Waals surface area contributed by atoms with E-state index in [0.29, 0.717) is 24.5 Å². The first-order valence-electron chi connectivity index (χ1n) is 11.2. The Bertz CT molecular complexity index is 1020. The number of nitrogens with zero attached hydrogens (tertiary/aromatic N) is 2. The predicted octanol–water partition coefficient (Wildman–Crippen LogP) is 5.38. The van der Waals surface area contributed by atoms with Crippen LogP contribution in [-0.2, 0) is 16.1 Å². The first kappa shape index (κ1) is 24.6. The number of ether oxygens (including phenoxy) is 2. The summed E-state index contributed by atoms with van der Waals surface area (Å²) in [6, 6.07) is 9.81. The minimum absolute atomic E-state index is 0.120. The molecule has 1 saturated heterocycles. The van der Waals surface area contributed by atoms with E-state index in [-0.39, 0.29) is 18.5 Å². The first-order valence-corrected chi connectivity index (χ1v) is 11.2. The SMILES string of the molecule is CCOC(=O)C(C)(C)Oc1c(C)cc(CN2C(=O)N(c3ccc(F)cc3)CC2(C)C)cc1C.